The molecule has 178 valence electrons. The first-order valence-corrected chi connectivity index (χ1v) is 10.8. The number of hydrazine groups is 1. The summed E-state index contributed by atoms with van der Waals surface area (Å²) in [6.45, 7) is 1.04. The number of ether oxygens (including phenoxy) is 3. The lowest BCUT2D eigenvalue weighted by molar-refractivity contribution is -0.138. The van der Waals surface area contributed by atoms with Gasteiger partial charge in [0.2, 0.25) is 23.4 Å². The summed E-state index contributed by atoms with van der Waals surface area (Å²) in [6, 6.07) is 3.32. The van der Waals surface area contributed by atoms with Gasteiger partial charge in [-0.05, 0) is 24.1 Å². The highest BCUT2D eigenvalue weighted by molar-refractivity contribution is 5.83. The van der Waals surface area contributed by atoms with Crippen LogP contribution in [0, 0.1) is 0 Å². The molecule has 0 radical (unpaired) electrons. The van der Waals surface area contributed by atoms with Gasteiger partial charge in [-0.15, -0.1) is 0 Å². The standard InChI is InChI=1S/C22H25N7O5/c1-31-17-6-12(7-18(32-2)19(17)33-3)14-8-15(27-26-14)22(30)29-10-13(11-29)21-25-20(28-34-21)16-9-23-4-5-24-16/h4-7,9,13-15,26-27H,8,10-11H2,1-3H3. The second-order valence-corrected chi connectivity index (χ2v) is 8.08. The van der Waals surface area contributed by atoms with Gasteiger partial charge in [-0.2, -0.15) is 4.98 Å². The highest BCUT2D eigenvalue weighted by Crippen LogP contribution is 2.41. The van der Waals surface area contributed by atoms with Gasteiger partial charge >= 0.3 is 0 Å². The molecule has 0 saturated carbocycles. The van der Waals surface area contributed by atoms with Gasteiger partial charge in [0.15, 0.2) is 11.5 Å². The number of hydrogen-bond acceptors (Lipinski definition) is 11. The molecule has 5 rings (SSSR count). The minimum absolute atomic E-state index is 0.00198. The highest BCUT2D eigenvalue weighted by atomic mass is 16.5. The van der Waals surface area contributed by atoms with Crippen LogP contribution in [0.15, 0.2) is 35.2 Å². The molecule has 2 unspecified atom stereocenters. The lowest BCUT2D eigenvalue weighted by Gasteiger charge is -2.38. The maximum absolute atomic E-state index is 13.0. The molecule has 0 spiro atoms. The predicted molar refractivity (Wildman–Crippen MR) is 118 cm³/mol. The second kappa shape index (κ2) is 9.23. The Balaban J connectivity index is 1.20. The minimum atomic E-state index is -0.358. The molecule has 2 aliphatic rings. The fourth-order valence-electron chi connectivity index (χ4n) is 4.19. The average Bonchev–Trinajstić information content (AvgIpc) is 3.53. The normalized spacial score (nSPS) is 20.1. The Kier molecular flexibility index (Phi) is 5.99. The second-order valence-electron chi connectivity index (χ2n) is 8.08. The van der Waals surface area contributed by atoms with Crippen LogP contribution < -0.4 is 25.1 Å². The van der Waals surface area contributed by atoms with Crippen molar-refractivity contribution in [2.45, 2.75) is 24.4 Å². The summed E-state index contributed by atoms with van der Waals surface area (Å²) in [7, 11) is 4.72. The maximum Gasteiger partial charge on any atom is 0.241 e. The highest BCUT2D eigenvalue weighted by Gasteiger charge is 2.41. The Morgan fingerprint density at radius 3 is 2.50 bits per heavy atom. The maximum atomic E-state index is 13.0. The van der Waals surface area contributed by atoms with Gasteiger partial charge in [0.1, 0.15) is 11.7 Å². The summed E-state index contributed by atoms with van der Waals surface area (Å²) in [5, 5.41) is 3.98. The largest absolute Gasteiger partial charge is 0.493 e. The quantitative estimate of drug-likeness (QED) is 0.516. The fourth-order valence-corrected chi connectivity index (χ4v) is 4.19. The van der Waals surface area contributed by atoms with Gasteiger partial charge < -0.3 is 23.6 Å². The summed E-state index contributed by atoms with van der Waals surface area (Å²) in [5.74, 6) is 2.58. The number of nitrogens with zero attached hydrogens (tertiary/aromatic N) is 5. The molecule has 2 saturated heterocycles. The van der Waals surface area contributed by atoms with E-state index in [1.54, 1.807) is 44.8 Å². The fraction of sp³-hybridized carbons (Fsp3) is 0.409. The molecule has 2 fully saturated rings. The van der Waals surface area contributed by atoms with Crippen LogP contribution in [0.5, 0.6) is 17.2 Å². The first-order valence-electron chi connectivity index (χ1n) is 10.8. The lowest BCUT2D eigenvalue weighted by atomic mass is 9.96. The molecule has 34 heavy (non-hydrogen) atoms. The number of benzene rings is 1. The number of nitrogens with one attached hydrogen (secondary N) is 2. The predicted octanol–water partition coefficient (Wildman–Crippen LogP) is 1.09. The summed E-state index contributed by atoms with van der Waals surface area (Å²) >= 11 is 0. The van der Waals surface area contributed by atoms with Crippen molar-refractivity contribution in [3.8, 4) is 28.8 Å². The number of hydrogen-bond donors (Lipinski definition) is 2. The van der Waals surface area contributed by atoms with Gasteiger partial charge in [-0.3, -0.25) is 9.78 Å². The van der Waals surface area contributed by atoms with Crippen molar-refractivity contribution in [1.82, 2.24) is 35.9 Å². The average molecular weight is 467 g/mol. The number of aromatic nitrogens is 4. The van der Waals surface area contributed by atoms with E-state index < -0.39 is 0 Å². The van der Waals surface area contributed by atoms with Gasteiger partial charge in [0.25, 0.3) is 0 Å². The minimum Gasteiger partial charge on any atom is -0.493 e. The smallest absolute Gasteiger partial charge is 0.241 e. The molecule has 2 atom stereocenters. The summed E-state index contributed by atoms with van der Waals surface area (Å²) in [6.07, 6.45) is 5.31. The van der Waals surface area contributed by atoms with Gasteiger partial charge in [0, 0.05) is 31.5 Å². The third-order valence-corrected chi connectivity index (χ3v) is 6.07. The van der Waals surface area contributed by atoms with Crippen LogP contribution in [0.3, 0.4) is 0 Å². The Bertz CT molecular complexity index is 1140. The number of methoxy groups -OCH3 is 3. The van der Waals surface area contributed by atoms with E-state index in [-0.39, 0.29) is 23.9 Å². The molecule has 2 aromatic heterocycles. The molecule has 1 amide bonds. The van der Waals surface area contributed by atoms with Gasteiger partial charge in [-0.25, -0.2) is 15.8 Å². The van der Waals surface area contributed by atoms with Crippen LogP contribution in [0.1, 0.15) is 29.8 Å². The Morgan fingerprint density at radius 2 is 1.85 bits per heavy atom. The van der Waals surface area contributed by atoms with Gasteiger partial charge in [-0.1, -0.05) is 5.16 Å². The molecule has 0 aliphatic carbocycles. The number of amides is 1. The first-order chi connectivity index (χ1) is 16.6. The van der Waals surface area contributed by atoms with Crippen LogP contribution in [0.25, 0.3) is 11.5 Å². The molecule has 3 aromatic rings. The van der Waals surface area contributed by atoms with Crippen molar-refractivity contribution in [2.75, 3.05) is 34.4 Å². The van der Waals surface area contributed by atoms with Crippen molar-refractivity contribution >= 4 is 5.91 Å². The molecule has 0 bridgehead atoms. The van der Waals surface area contributed by atoms with Crippen molar-refractivity contribution in [3.05, 3.63) is 42.2 Å². The Morgan fingerprint density at radius 1 is 1.09 bits per heavy atom. The summed E-state index contributed by atoms with van der Waals surface area (Å²) in [5.41, 5.74) is 7.80. The molecule has 4 heterocycles. The van der Waals surface area contributed by atoms with E-state index in [4.69, 9.17) is 18.7 Å². The number of rotatable bonds is 7. The molecular formula is C22H25N7O5. The van der Waals surface area contributed by atoms with E-state index in [2.05, 4.69) is 31.0 Å². The molecule has 1 aromatic carbocycles. The van der Waals surface area contributed by atoms with E-state index in [1.807, 2.05) is 12.1 Å². The van der Waals surface area contributed by atoms with Crippen LogP contribution in [-0.4, -0.2) is 71.4 Å². The van der Waals surface area contributed by atoms with Crippen molar-refractivity contribution in [3.63, 3.8) is 0 Å². The van der Waals surface area contributed by atoms with Crippen LogP contribution in [0.4, 0.5) is 0 Å². The van der Waals surface area contributed by atoms with E-state index in [1.165, 1.54) is 0 Å². The van der Waals surface area contributed by atoms with Crippen LogP contribution >= 0.6 is 0 Å². The number of carbonyl (C=O) groups is 1. The van der Waals surface area contributed by atoms with Crippen molar-refractivity contribution < 1.29 is 23.5 Å². The number of likely N-dealkylation sites (tertiary alicyclic amines) is 1. The Labute approximate surface area is 195 Å². The molecule has 12 heteroatoms. The zero-order chi connectivity index (χ0) is 23.7. The van der Waals surface area contributed by atoms with Crippen molar-refractivity contribution in [2.24, 2.45) is 0 Å². The number of carbonyl (C=O) groups excluding carboxylic acids is 1. The van der Waals surface area contributed by atoms with E-state index in [0.717, 1.165) is 5.56 Å². The Hall–Kier alpha value is -3.77. The van der Waals surface area contributed by atoms with E-state index in [9.17, 15) is 4.79 Å². The molecular weight excluding hydrogens is 442 g/mol. The summed E-state index contributed by atoms with van der Waals surface area (Å²) < 4.78 is 21.7. The van der Waals surface area contributed by atoms with Gasteiger partial charge in [0.05, 0.1) is 33.4 Å². The SMILES string of the molecule is COc1cc(C2CC(C(=O)N3CC(c4nc(-c5cnccn5)no4)C3)NN2)cc(OC)c1OC. The summed E-state index contributed by atoms with van der Waals surface area (Å²) in [4.78, 5) is 27.4. The molecule has 12 nitrogen and oxygen atoms in total. The van der Waals surface area contributed by atoms with E-state index >= 15 is 0 Å². The first kappa shape index (κ1) is 22.0. The third-order valence-electron chi connectivity index (χ3n) is 6.07. The third kappa shape index (κ3) is 4.01. The van der Waals surface area contributed by atoms with E-state index in [0.29, 0.717) is 54.2 Å². The lowest BCUT2D eigenvalue weighted by Crippen LogP contribution is -2.54. The van der Waals surface area contributed by atoms with Crippen LogP contribution in [0.2, 0.25) is 0 Å². The van der Waals surface area contributed by atoms with Crippen LogP contribution in [-0.2, 0) is 4.79 Å². The molecule has 2 aliphatic heterocycles. The zero-order valence-corrected chi connectivity index (χ0v) is 19.0. The topological polar surface area (TPSA) is 137 Å². The monoisotopic (exact) mass is 467 g/mol. The zero-order valence-electron chi connectivity index (χ0n) is 19.0. The molecule has 2 N–H and O–H groups in total. The van der Waals surface area contributed by atoms with Crippen molar-refractivity contribution in [1.29, 1.82) is 0 Å².